The molecule has 0 saturated carbocycles. The SMILES string of the molecule is C[CH]CC(C)CC. The number of rotatable bonds is 3. The van der Waals surface area contributed by atoms with E-state index in [-0.39, 0.29) is 0 Å². The summed E-state index contributed by atoms with van der Waals surface area (Å²) >= 11 is 0. The fourth-order valence-corrected chi connectivity index (χ4v) is 0.569. The molecule has 0 N–H and O–H groups in total. The van der Waals surface area contributed by atoms with Crippen LogP contribution in [0.15, 0.2) is 0 Å². The van der Waals surface area contributed by atoms with Gasteiger partial charge in [0.05, 0.1) is 0 Å². The summed E-state index contributed by atoms with van der Waals surface area (Å²) in [6, 6.07) is 0. The van der Waals surface area contributed by atoms with Gasteiger partial charge in [0, 0.05) is 0 Å². The van der Waals surface area contributed by atoms with Crippen molar-refractivity contribution in [3.05, 3.63) is 6.42 Å². The Morgan fingerprint density at radius 1 is 1.57 bits per heavy atom. The number of hydrogen-bond donors (Lipinski definition) is 0. The molecule has 0 fully saturated rings. The van der Waals surface area contributed by atoms with Crippen LogP contribution in [0.3, 0.4) is 0 Å². The molecule has 0 spiro atoms. The molecule has 0 aliphatic heterocycles. The van der Waals surface area contributed by atoms with Gasteiger partial charge in [-0.05, 0) is 18.8 Å². The fourth-order valence-electron chi connectivity index (χ4n) is 0.569. The summed E-state index contributed by atoms with van der Waals surface area (Å²) in [4.78, 5) is 0. The maximum Gasteiger partial charge on any atom is -0.0414 e. The minimum atomic E-state index is 0.894. The van der Waals surface area contributed by atoms with Gasteiger partial charge >= 0.3 is 0 Å². The van der Waals surface area contributed by atoms with E-state index < -0.39 is 0 Å². The smallest absolute Gasteiger partial charge is 0.0414 e. The van der Waals surface area contributed by atoms with Crippen LogP contribution in [0.4, 0.5) is 0 Å². The van der Waals surface area contributed by atoms with Gasteiger partial charge in [0.2, 0.25) is 0 Å². The van der Waals surface area contributed by atoms with Crippen molar-refractivity contribution >= 4 is 0 Å². The summed E-state index contributed by atoms with van der Waals surface area (Å²) in [5.41, 5.74) is 0. The van der Waals surface area contributed by atoms with Crippen LogP contribution in [0.1, 0.15) is 33.6 Å². The van der Waals surface area contributed by atoms with Gasteiger partial charge in [-0.1, -0.05) is 27.2 Å². The molecule has 0 saturated heterocycles. The van der Waals surface area contributed by atoms with Crippen LogP contribution in [0.2, 0.25) is 0 Å². The maximum absolute atomic E-state index is 2.28. The Morgan fingerprint density at radius 2 is 2.14 bits per heavy atom. The first-order chi connectivity index (χ1) is 3.31. The Balaban J connectivity index is 2.83. The van der Waals surface area contributed by atoms with Gasteiger partial charge in [0.15, 0.2) is 0 Å². The first-order valence-electron chi connectivity index (χ1n) is 3.09. The third kappa shape index (κ3) is 3.84. The topological polar surface area (TPSA) is 0 Å². The highest BCUT2D eigenvalue weighted by molar-refractivity contribution is 4.60. The molecular formula is C7H15. The van der Waals surface area contributed by atoms with E-state index in [1.807, 2.05) is 0 Å². The van der Waals surface area contributed by atoms with Crippen molar-refractivity contribution in [1.29, 1.82) is 0 Å². The molecule has 0 amide bonds. The van der Waals surface area contributed by atoms with Crippen LogP contribution >= 0.6 is 0 Å². The van der Waals surface area contributed by atoms with Crippen molar-refractivity contribution < 1.29 is 0 Å². The van der Waals surface area contributed by atoms with E-state index in [1.165, 1.54) is 12.8 Å². The van der Waals surface area contributed by atoms with E-state index in [9.17, 15) is 0 Å². The standard InChI is InChI=1S/C7H15/c1-4-6-7(3)5-2/h4,7H,5-6H2,1-3H3. The monoisotopic (exact) mass is 99.1 g/mol. The molecule has 0 nitrogen and oxygen atoms in total. The minimum absolute atomic E-state index is 0.894. The summed E-state index contributed by atoms with van der Waals surface area (Å²) in [7, 11) is 0. The predicted molar refractivity (Wildman–Crippen MR) is 34.0 cm³/mol. The van der Waals surface area contributed by atoms with E-state index in [4.69, 9.17) is 0 Å². The molecule has 0 aromatic heterocycles. The van der Waals surface area contributed by atoms with E-state index in [1.54, 1.807) is 0 Å². The zero-order valence-corrected chi connectivity index (χ0v) is 5.57. The van der Waals surface area contributed by atoms with Crippen molar-refractivity contribution in [2.75, 3.05) is 0 Å². The van der Waals surface area contributed by atoms with Gasteiger partial charge in [-0.15, -0.1) is 0 Å². The van der Waals surface area contributed by atoms with Gasteiger partial charge < -0.3 is 0 Å². The van der Waals surface area contributed by atoms with Crippen LogP contribution in [0.5, 0.6) is 0 Å². The van der Waals surface area contributed by atoms with Crippen molar-refractivity contribution in [2.24, 2.45) is 5.92 Å². The maximum atomic E-state index is 2.28. The second-order valence-corrected chi connectivity index (χ2v) is 2.16. The van der Waals surface area contributed by atoms with Crippen LogP contribution < -0.4 is 0 Å². The highest BCUT2D eigenvalue weighted by Gasteiger charge is 1.92. The largest absolute Gasteiger partial charge is 0.0651 e. The second-order valence-electron chi connectivity index (χ2n) is 2.16. The summed E-state index contributed by atoms with van der Waals surface area (Å²) in [6.07, 6.45) is 4.81. The number of hydrogen-bond acceptors (Lipinski definition) is 0. The Kier molecular flexibility index (Phi) is 4.17. The van der Waals surface area contributed by atoms with Crippen molar-refractivity contribution in [1.82, 2.24) is 0 Å². The minimum Gasteiger partial charge on any atom is -0.0651 e. The lowest BCUT2D eigenvalue weighted by atomic mass is 10.0. The molecule has 1 atom stereocenters. The van der Waals surface area contributed by atoms with E-state index in [2.05, 4.69) is 27.2 Å². The lowest BCUT2D eigenvalue weighted by Crippen LogP contribution is -1.88. The van der Waals surface area contributed by atoms with Crippen LogP contribution in [-0.4, -0.2) is 0 Å². The summed E-state index contributed by atoms with van der Waals surface area (Å²) in [5, 5.41) is 0. The molecular weight excluding hydrogens is 84.1 g/mol. The molecule has 1 unspecified atom stereocenters. The lowest BCUT2D eigenvalue weighted by Gasteiger charge is -2.02. The normalized spacial score (nSPS) is 14.1. The zero-order chi connectivity index (χ0) is 5.70. The average molecular weight is 99.2 g/mol. The van der Waals surface area contributed by atoms with Crippen LogP contribution in [-0.2, 0) is 0 Å². The molecule has 7 heavy (non-hydrogen) atoms. The molecule has 0 heterocycles. The van der Waals surface area contributed by atoms with E-state index >= 15 is 0 Å². The van der Waals surface area contributed by atoms with Gasteiger partial charge in [0.25, 0.3) is 0 Å². The third-order valence-corrected chi connectivity index (χ3v) is 1.33. The first-order valence-corrected chi connectivity index (χ1v) is 3.09. The quantitative estimate of drug-likeness (QED) is 0.510. The van der Waals surface area contributed by atoms with Crippen molar-refractivity contribution in [2.45, 2.75) is 33.6 Å². The Bertz CT molecular complexity index is 31.0. The fraction of sp³-hybridized carbons (Fsp3) is 0.857. The molecule has 0 bridgehead atoms. The van der Waals surface area contributed by atoms with Crippen molar-refractivity contribution in [3.63, 3.8) is 0 Å². The van der Waals surface area contributed by atoms with Gasteiger partial charge in [-0.3, -0.25) is 0 Å². The molecule has 0 heteroatoms. The van der Waals surface area contributed by atoms with E-state index in [0.29, 0.717) is 0 Å². The highest BCUT2D eigenvalue weighted by atomic mass is 14.0. The molecule has 0 rings (SSSR count). The first kappa shape index (κ1) is 7.00. The molecule has 0 aliphatic carbocycles. The zero-order valence-electron chi connectivity index (χ0n) is 5.57. The molecule has 43 valence electrons. The van der Waals surface area contributed by atoms with Crippen LogP contribution in [0.25, 0.3) is 0 Å². The summed E-state index contributed by atoms with van der Waals surface area (Å²) in [6.45, 7) is 6.63. The average Bonchev–Trinajstić information content (AvgIpc) is 1.68. The Labute approximate surface area is 46.9 Å². The lowest BCUT2D eigenvalue weighted by molar-refractivity contribution is 0.554. The summed E-state index contributed by atoms with van der Waals surface area (Å²) < 4.78 is 0. The van der Waals surface area contributed by atoms with Gasteiger partial charge in [-0.2, -0.15) is 0 Å². The molecule has 0 aromatic carbocycles. The second kappa shape index (κ2) is 4.17. The molecule has 0 aliphatic rings. The van der Waals surface area contributed by atoms with Crippen molar-refractivity contribution in [3.8, 4) is 0 Å². The van der Waals surface area contributed by atoms with Gasteiger partial charge in [0.1, 0.15) is 0 Å². The molecule has 0 aromatic rings. The predicted octanol–water partition coefficient (Wildman–Crippen LogP) is 2.65. The summed E-state index contributed by atoms with van der Waals surface area (Å²) in [5.74, 6) is 0.894. The van der Waals surface area contributed by atoms with Gasteiger partial charge in [-0.25, -0.2) is 0 Å². The third-order valence-electron chi connectivity index (χ3n) is 1.33. The molecule has 1 radical (unpaired) electrons. The Hall–Kier alpha value is 0. The van der Waals surface area contributed by atoms with Crippen LogP contribution in [0, 0.1) is 12.3 Å². The van der Waals surface area contributed by atoms with E-state index in [0.717, 1.165) is 5.92 Å². The Morgan fingerprint density at radius 3 is 2.29 bits per heavy atom. The highest BCUT2D eigenvalue weighted by Crippen LogP contribution is 2.06.